The second-order valence-corrected chi connectivity index (χ2v) is 8.61. The van der Waals surface area contributed by atoms with Crippen LogP contribution < -0.4 is 15.0 Å². The summed E-state index contributed by atoms with van der Waals surface area (Å²) in [4.78, 5) is 11.2. The van der Waals surface area contributed by atoms with Gasteiger partial charge in [0.05, 0.1) is 25.5 Å². The lowest BCUT2D eigenvalue weighted by Gasteiger charge is -2.28. The van der Waals surface area contributed by atoms with E-state index in [9.17, 15) is 4.39 Å². The Labute approximate surface area is 202 Å². The summed E-state index contributed by atoms with van der Waals surface area (Å²) in [7, 11) is 0. The number of morpholine rings is 1. The SMILES string of the molecule is Fc1ccccc1-c1nn(C2CC2)cc1Oc1cccnc1Nc1ccnc(N2CCOCC2)c1. The van der Waals surface area contributed by atoms with E-state index in [1.54, 1.807) is 36.7 Å². The highest BCUT2D eigenvalue weighted by molar-refractivity contribution is 5.69. The molecule has 4 heterocycles. The Hall–Kier alpha value is -3.98. The third kappa shape index (κ3) is 4.67. The van der Waals surface area contributed by atoms with Crippen molar-refractivity contribution in [2.75, 3.05) is 36.5 Å². The lowest BCUT2D eigenvalue weighted by Crippen LogP contribution is -2.36. The molecule has 0 spiro atoms. The van der Waals surface area contributed by atoms with Gasteiger partial charge in [0.2, 0.25) is 0 Å². The number of aromatic nitrogens is 4. The molecule has 3 aromatic heterocycles. The number of halogens is 1. The second kappa shape index (κ2) is 9.34. The molecule has 178 valence electrons. The summed E-state index contributed by atoms with van der Waals surface area (Å²) < 4.78 is 28.3. The first-order chi connectivity index (χ1) is 17.2. The summed E-state index contributed by atoms with van der Waals surface area (Å²) in [5.74, 6) is 2.09. The molecule has 0 unspecified atom stereocenters. The fourth-order valence-electron chi connectivity index (χ4n) is 4.10. The van der Waals surface area contributed by atoms with Crippen LogP contribution in [0, 0.1) is 5.82 Å². The molecule has 35 heavy (non-hydrogen) atoms. The predicted octanol–water partition coefficient (Wildman–Crippen LogP) is 5.19. The van der Waals surface area contributed by atoms with Gasteiger partial charge in [-0.2, -0.15) is 5.10 Å². The Kier molecular flexibility index (Phi) is 5.75. The molecule has 0 bridgehead atoms. The van der Waals surface area contributed by atoms with Crippen LogP contribution in [0.25, 0.3) is 11.3 Å². The zero-order valence-electron chi connectivity index (χ0n) is 19.1. The average molecular weight is 473 g/mol. The zero-order chi connectivity index (χ0) is 23.6. The van der Waals surface area contributed by atoms with Crippen molar-refractivity contribution in [1.82, 2.24) is 19.7 Å². The smallest absolute Gasteiger partial charge is 0.173 e. The number of pyridine rings is 2. The second-order valence-electron chi connectivity index (χ2n) is 8.61. The third-order valence-electron chi connectivity index (χ3n) is 6.08. The number of anilines is 3. The van der Waals surface area contributed by atoms with Crippen LogP contribution in [0.1, 0.15) is 18.9 Å². The van der Waals surface area contributed by atoms with Gasteiger partial charge in [-0.1, -0.05) is 12.1 Å². The highest BCUT2D eigenvalue weighted by Gasteiger charge is 2.28. The number of hydrogen-bond donors (Lipinski definition) is 1. The van der Waals surface area contributed by atoms with Gasteiger partial charge in [0, 0.05) is 42.8 Å². The van der Waals surface area contributed by atoms with Crippen LogP contribution in [0.15, 0.2) is 67.1 Å². The summed E-state index contributed by atoms with van der Waals surface area (Å²) in [6.07, 6.45) is 7.44. The minimum atomic E-state index is -0.338. The van der Waals surface area contributed by atoms with Crippen LogP contribution in [0.5, 0.6) is 11.5 Å². The summed E-state index contributed by atoms with van der Waals surface area (Å²) in [5.41, 5.74) is 1.72. The number of nitrogens with one attached hydrogen (secondary N) is 1. The highest BCUT2D eigenvalue weighted by atomic mass is 19.1. The number of nitrogens with zero attached hydrogens (tertiary/aromatic N) is 5. The molecule has 9 heteroatoms. The Bertz CT molecular complexity index is 1330. The van der Waals surface area contributed by atoms with Gasteiger partial charge in [-0.05, 0) is 43.2 Å². The molecule has 1 aliphatic carbocycles. The maximum absolute atomic E-state index is 14.6. The first kappa shape index (κ1) is 21.5. The van der Waals surface area contributed by atoms with Crippen molar-refractivity contribution in [3.8, 4) is 22.8 Å². The molecule has 0 amide bonds. The van der Waals surface area contributed by atoms with E-state index in [-0.39, 0.29) is 5.82 Å². The molecule has 1 saturated heterocycles. The Morgan fingerprint density at radius 3 is 2.66 bits per heavy atom. The van der Waals surface area contributed by atoms with Gasteiger partial charge < -0.3 is 19.7 Å². The van der Waals surface area contributed by atoms with Gasteiger partial charge in [-0.3, -0.25) is 4.68 Å². The zero-order valence-corrected chi connectivity index (χ0v) is 19.1. The van der Waals surface area contributed by atoms with E-state index >= 15 is 0 Å². The van der Waals surface area contributed by atoms with Gasteiger partial charge in [-0.25, -0.2) is 14.4 Å². The van der Waals surface area contributed by atoms with Gasteiger partial charge >= 0.3 is 0 Å². The van der Waals surface area contributed by atoms with Crippen LogP contribution in [0.4, 0.5) is 21.7 Å². The van der Waals surface area contributed by atoms with Crippen LogP contribution in [0.3, 0.4) is 0 Å². The van der Waals surface area contributed by atoms with E-state index in [2.05, 4.69) is 25.3 Å². The molecule has 4 aromatic rings. The van der Waals surface area contributed by atoms with E-state index in [1.165, 1.54) is 6.07 Å². The van der Waals surface area contributed by atoms with E-state index < -0.39 is 0 Å². The maximum atomic E-state index is 14.6. The van der Waals surface area contributed by atoms with E-state index in [1.807, 2.05) is 29.1 Å². The molecule has 1 saturated carbocycles. The Balaban J connectivity index is 1.29. The van der Waals surface area contributed by atoms with Crippen molar-refractivity contribution in [3.05, 3.63) is 72.9 Å². The summed E-state index contributed by atoms with van der Waals surface area (Å²) in [6, 6.07) is 14.5. The topological polar surface area (TPSA) is 77.3 Å². The molecule has 1 aromatic carbocycles. The lowest BCUT2D eigenvalue weighted by atomic mass is 10.1. The first-order valence-corrected chi connectivity index (χ1v) is 11.8. The van der Waals surface area contributed by atoms with Crippen LogP contribution in [-0.2, 0) is 4.74 Å². The molecule has 1 aliphatic heterocycles. The first-order valence-electron chi connectivity index (χ1n) is 11.8. The van der Waals surface area contributed by atoms with Crippen molar-refractivity contribution >= 4 is 17.3 Å². The van der Waals surface area contributed by atoms with Crippen LogP contribution in [-0.4, -0.2) is 46.1 Å². The summed E-state index contributed by atoms with van der Waals surface area (Å²) >= 11 is 0. The fraction of sp³-hybridized carbons (Fsp3) is 0.269. The summed E-state index contributed by atoms with van der Waals surface area (Å²) in [6.45, 7) is 2.99. The summed E-state index contributed by atoms with van der Waals surface area (Å²) in [5, 5.41) is 8.01. The number of ether oxygens (including phenoxy) is 2. The standard InChI is InChI=1S/C26H25FN6O2/c27-21-5-2-1-4-20(21)25-23(17-33(31-25)19-7-8-19)35-22-6-3-10-29-26(22)30-18-9-11-28-24(16-18)32-12-14-34-15-13-32/h1-6,9-11,16-17,19H,7-8,12-15H2,(H,28,29,30). The third-order valence-corrected chi connectivity index (χ3v) is 6.08. The van der Waals surface area contributed by atoms with Crippen molar-refractivity contribution in [2.45, 2.75) is 18.9 Å². The number of benzene rings is 1. The lowest BCUT2D eigenvalue weighted by molar-refractivity contribution is 0.122. The Morgan fingerprint density at radius 2 is 1.83 bits per heavy atom. The average Bonchev–Trinajstić information content (AvgIpc) is 3.67. The van der Waals surface area contributed by atoms with Gasteiger partial charge in [0.15, 0.2) is 17.3 Å². The molecular formula is C26H25FN6O2. The molecule has 0 atom stereocenters. The quantitative estimate of drug-likeness (QED) is 0.397. The van der Waals surface area contributed by atoms with E-state index in [4.69, 9.17) is 9.47 Å². The van der Waals surface area contributed by atoms with Crippen molar-refractivity contribution in [3.63, 3.8) is 0 Å². The normalized spacial score (nSPS) is 15.7. The molecule has 1 N–H and O–H groups in total. The Morgan fingerprint density at radius 1 is 0.971 bits per heavy atom. The van der Waals surface area contributed by atoms with E-state index in [0.29, 0.717) is 47.8 Å². The minimum Gasteiger partial charge on any atom is -0.449 e. The van der Waals surface area contributed by atoms with Gasteiger partial charge in [-0.15, -0.1) is 0 Å². The van der Waals surface area contributed by atoms with Gasteiger partial charge in [0.25, 0.3) is 0 Å². The van der Waals surface area contributed by atoms with Crippen molar-refractivity contribution in [1.29, 1.82) is 0 Å². The molecule has 6 rings (SSSR count). The highest BCUT2D eigenvalue weighted by Crippen LogP contribution is 2.41. The maximum Gasteiger partial charge on any atom is 0.173 e. The molecule has 8 nitrogen and oxygen atoms in total. The van der Waals surface area contributed by atoms with Crippen molar-refractivity contribution in [2.24, 2.45) is 0 Å². The molecule has 2 aliphatic rings. The number of rotatable bonds is 7. The number of hydrogen-bond acceptors (Lipinski definition) is 7. The molecule has 0 radical (unpaired) electrons. The van der Waals surface area contributed by atoms with Gasteiger partial charge in [0.1, 0.15) is 17.3 Å². The van der Waals surface area contributed by atoms with E-state index in [0.717, 1.165) is 37.4 Å². The van der Waals surface area contributed by atoms with Crippen LogP contribution in [0.2, 0.25) is 0 Å². The predicted molar refractivity (Wildman–Crippen MR) is 131 cm³/mol. The monoisotopic (exact) mass is 472 g/mol. The fourth-order valence-corrected chi connectivity index (χ4v) is 4.10. The molecular weight excluding hydrogens is 447 g/mol. The van der Waals surface area contributed by atoms with Crippen molar-refractivity contribution < 1.29 is 13.9 Å². The van der Waals surface area contributed by atoms with Crippen LogP contribution >= 0.6 is 0 Å². The largest absolute Gasteiger partial charge is 0.449 e. The molecule has 2 fully saturated rings. The minimum absolute atomic E-state index is 0.333.